The average molecular weight is 487 g/mol. The molecule has 1 aromatic heterocycles. The van der Waals surface area contributed by atoms with Crippen LogP contribution in [0.1, 0.15) is 48.2 Å². The second kappa shape index (κ2) is 9.97. The summed E-state index contributed by atoms with van der Waals surface area (Å²) in [4.78, 5) is 43.3. The summed E-state index contributed by atoms with van der Waals surface area (Å²) in [7, 11) is 0. The van der Waals surface area contributed by atoms with E-state index in [1.165, 1.54) is 0 Å². The number of benzene rings is 2. The van der Waals surface area contributed by atoms with Gasteiger partial charge in [-0.3, -0.25) is 14.4 Å². The number of hydrogen-bond acceptors (Lipinski definition) is 5. The van der Waals surface area contributed by atoms with Crippen LogP contribution in [0.25, 0.3) is 11.1 Å². The van der Waals surface area contributed by atoms with Crippen molar-refractivity contribution < 1.29 is 18.9 Å². The van der Waals surface area contributed by atoms with Gasteiger partial charge < -0.3 is 19.6 Å². The molecule has 8 heteroatoms. The molecule has 2 aliphatic heterocycles. The first-order valence-electron chi connectivity index (χ1n) is 12.4. The van der Waals surface area contributed by atoms with Crippen LogP contribution in [0.5, 0.6) is 0 Å². The molecule has 2 atom stereocenters. The topological polar surface area (TPSA) is 95.8 Å². The van der Waals surface area contributed by atoms with Gasteiger partial charge in [-0.15, -0.1) is 0 Å². The van der Waals surface area contributed by atoms with Crippen LogP contribution < -0.4 is 5.32 Å². The second-order valence-corrected chi connectivity index (χ2v) is 9.80. The Morgan fingerprint density at radius 1 is 1.11 bits per heavy atom. The minimum absolute atomic E-state index is 0.0796. The zero-order chi connectivity index (χ0) is 25.2. The molecule has 3 aromatic rings. The molecule has 0 spiro atoms. The zero-order valence-electron chi connectivity index (χ0n) is 20.5. The van der Waals surface area contributed by atoms with Gasteiger partial charge in [0.25, 0.3) is 5.91 Å². The number of likely N-dealkylation sites (tertiary alicyclic amines) is 1. The van der Waals surface area contributed by atoms with E-state index in [1.54, 1.807) is 22.3 Å². The highest BCUT2D eigenvalue weighted by molar-refractivity contribution is 6.01. The van der Waals surface area contributed by atoms with E-state index < -0.39 is 12.1 Å². The molecular formula is C28H30N4O4. The smallest absolute Gasteiger partial charge is 0.255 e. The Bertz CT molecular complexity index is 1250. The highest BCUT2D eigenvalue weighted by Gasteiger charge is 2.43. The Hall–Kier alpha value is -3.94. The largest absolute Gasteiger partial charge is 0.364 e. The Kier molecular flexibility index (Phi) is 6.59. The quantitative estimate of drug-likeness (QED) is 0.550. The third-order valence-corrected chi connectivity index (χ3v) is 7.09. The van der Waals surface area contributed by atoms with Crippen molar-refractivity contribution in [2.24, 2.45) is 5.92 Å². The predicted octanol–water partition coefficient (Wildman–Crippen LogP) is 3.63. The number of fused-ring (bicyclic) bond motifs is 1. The van der Waals surface area contributed by atoms with Crippen molar-refractivity contribution in [3.63, 3.8) is 0 Å². The molecule has 2 aliphatic rings. The molecule has 5 rings (SSSR count). The maximum atomic E-state index is 13.7. The number of carbonyl (C=O) groups excluding carboxylic acids is 3. The van der Waals surface area contributed by atoms with Crippen molar-refractivity contribution in [2.45, 2.75) is 51.9 Å². The summed E-state index contributed by atoms with van der Waals surface area (Å²) >= 11 is 0. The molecule has 1 unspecified atom stereocenters. The van der Waals surface area contributed by atoms with Crippen LogP contribution in [0.2, 0.25) is 0 Å². The number of aromatic nitrogens is 1. The van der Waals surface area contributed by atoms with Crippen LogP contribution in [-0.4, -0.2) is 51.3 Å². The van der Waals surface area contributed by atoms with Gasteiger partial charge in [0.15, 0.2) is 0 Å². The van der Waals surface area contributed by atoms with Gasteiger partial charge in [-0.2, -0.15) is 0 Å². The summed E-state index contributed by atoms with van der Waals surface area (Å²) in [5.74, 6) is -0.513. The Balaban J connectivity index is 1.25. The van der Waals surface area contributed by atoms with Crippen molar-refractivity contribution >= 4 is 17.7 Å². The van der Waals surface area contributed by atoms with Crippen LogP contribution in [-0.2, 0) is 22.7 Å². The van der Waals surface area contributed by atoms with E-state index in [9.17, 15) is 14.4 Å². The first-order valence-corrected chi connectivity index (χ1v) is 12.4. The van der Waals surface area contributed by atoms with Crippen molar-refractivity contribution in [3.05, 3.63) is 77.7 Å². The number of amides is 3. The molecule has 1 fully saturated rings. The average Bonchev–Trinajstić information content (AvgIpc) is 3.64. The molecule has 1 N–H and O–H groups in total. The lowest BCUT2D eigenvalue weighted by Crippen LogP contribution is -2.55. The highest BCUT2D eigenvalue weighted by atomic mass is 16.5. The first-order chi connectivity index (χ1) is 17.4. The van der Waals surface area contributed by atoms with Crippen molar-refractivity contribution in [1.29, 1.82) is 0 Å². The van der Waals surface area contributed by atoms with Gasteiger partial charge >= 0.3 is 0 Å². The summed E-state index contributed by atoms with van der Waals surface area (Å²) < 4.78 is 4.89. The van der Waals surface area contributed by atoms with Gasteiger partial charge in [0.1, 0.15) is 18.3 Å². The summed E-state index contributed by atoms with van der Waals surface area (Å²) in [6.45, 7) is 5.21. The molecule has 3 amide bonds. The van der Waals surface area contributed by atoms with Gasteiger partial charge in [-0.1, -0.05) is 61.5 Å². The number of rotatable bonds is 7. The number of carbonyl (C=O) groups is 3. The molecule has 186 valence electrons. The van der Waals surface area contributed by atoms with Crippen molar-refractivity contribution in [3.8, 4) is 11.1 Å². The lowest BCUT2D eigenvalue weighted by molar-refractivity contribution is -0.143. The standard InChI is InChI=1S/C28H30N4O4/c1-18(2)25(32-16-21-6-3-4-7-23(21)27(32)34)28(35)31-13-5-8-24(31)26(33)29-14-19-9-11-20(12-10-19)22-15-30-36-17-22/h3-4,6-7,9-12,15,17-18,24-25H,5,8,13-14,16H2,1-2H3,(H,29,33)/t24-,25?/m0/s1. The van der Waals surface area contributed by atoms with Gasteiger partial charge in [0.05, 0.1) is 6.20 Å². The van der Waals surface area contributed by atoms with E-state index in [0.717, 1.165) is 28.7 Å². The zero-order valence-corrected chi connectivity index (χ0v) is 20.5. The van der Waals surface area contributed by atoms with E-state index in [4.69, 9.17) is 4.52 Å². The molecule has 8 nitrogen and oxygen atoms in total. The number of nitrogens with one attached hydrogen (secondary N) is 1. The molecule has 0 aliphatic carbocycles. The Morgan fingerprint density at radius 3 is 2.58 bits per heavy atom. The van der Waals surface area contributed by atoms with Crippen molar-refractivity contribution in [2.75, 3.05) is 6.54 Å². The van der Waals surface area contributed by atoms with Crippen molar-refractivity contribution in [1.82, 2.24) is 20.3 Å². The fourth-order valence-corrected chi connectivity index (χ4v) is 5.22. The molecular weight excluding hydrogens is 456 g/mol. The van der Waals surface area contributed by atoms with E-state index in [2.05, 4.69) is 10.5 Å². The van der Waals surface area contributed by atoms with Gasteiger partial charge in [0.2, 0.25) is 11.8 Å². The lowest BCUT2D eigenvalue weighted by Gasteiger charge is -2.35. The Labute approximate surface area is 210 Å². The minimum atomic E-state index is -0.608. The predicted molar refractivity (Wildman–Crippen MR) is 133 cm³/mol. The molecule has 0 bridgehead atoms. The molecule has 36 heavy (non-hydrogen) atoms. The van der Waals surface area contributed by atoms with E-state index >= 15 is 0 Å². The summed E-state index contributed by atoms with van der Waals surface area (Å²) in [6.07, 6.45) is 4.61. The number of nitrogens with zero attached hydrogens (tertiary/aromatic N) is 3. The third-order valence-electron chi connectivity index (χ3n) is 7.09. The molecule has 1 saturated heterocycles. The summed E-state index contributed by atoms with van der Waals surface area (Å²) in [6, 6.07) is 14.2. The van der Waals surface area contributed by atoms with Gasteiger partial charge in [-0.05, 0) is 41.5 Å². The summed E-state index contributed by atoms with van der Waals surface area (Å²) in [5.41, 5.74) is 4.43. The van der Waals surface area contributed by atoms with Crippen LogP contribution in [0.3, 0.4) is 0 Å². The van der Waals surface area contributed by atoms with Crippen LogP contribution in [0.15, 0.2) is 65.5 Å². The fourth-order valence-electron chi connectivity index (χ4n) is 5.22. The summed E-state index contributed by atoms with van der Waals surface area (Å²) in [5, 5.41) is 6.72. The molecule has 0 radical (unpaired) electrons. The highest BCUT2D eigenvalue weighted by Crippen LogP contribution is 2.30. The SMILES string of the molecule is CC(C)C(C(=O)N1CCC[C@H]1C(=O)NCc1ccc(-c2cnoc2)cc1)N1Cc2ccccc2C1=O. The van der Waals surface area contributed by atoms with E-state index in [0.29, 0.717) is 31.6 Å². The molecule has 0 saturated carbocycles. The fraction of sp³-hybridized carbons (Fsp3) is 0.357. The van der Waals surface area contributed by atoms with E-state index in [1.807, 2.05) is 62.4 Å². The van der Waals surface area contributed by atoms with Crippen LogP contribution >= 0.6 is 0 Å². The molecule has 3 heterocycles. The third kappa shape index (κ3) is 4.51. The maximum Gasteiger partial charge on any atom is 0.255 e. The van der Waals surface area contributed by atoms with Gasteiger partial charge in [0, 0.05) is 30.8 Å². The van der Waals surface area contributed by atoms with Crippen LogP contribution in [0, 0.1) is 5.92 Å². The Morgan fingerprint density at radius 2 is 1.89 bits per heavy atom. The second-order valence-electron chi connectivity index (χ2n) is 9.80. The monoisotopic (exact) mass is 486 g/mol. The first kappa shape index (κ1) is 23.8. The normalized spacial score (nSPS) is 18.0. The molecule has 2 aromatic carbocycles. The minimum Gasteiger partial charge on any atom is -0.364 e. The van der Waals surface area contributed by atoms with Gasteiger partial charge in [-0.25, -0.2) is 0 Å². The lowest BCUT2D eigenvalue weighted by atomic mass is 10.0. The van der Waals surface area contributed by atoms with E-state index in [-0.39, 0.29) is 23.6 Å². The number of hydrogen-bond donors (Lipinski definition) is 1. The van der Waals surface area contributed by atoms with Crippen LogP contribution in [0.4, 0.5) is 0 Å². The maximum absolute atomic E-state index is 13.7.